The van der Waals surface area contributed by atoms with Crippen LogP contribution in [-0.4, -0.2) is 70.4 Å². The molecule has 66 heavy (non-hydrogen) atoms. The highest BCUT2D eigenvalue weighted by atomic mass is 19.1. The topological polar surface area (TPSA) is 107 Å². The molecule has 3 rings (SSSR count). The maximum atomic E-state index is 13.2. The van der Waals surface area contributed by atoms with E-state index in [0.29, 0.717) is 69.4 Å². The molecule has 0 heterocycles. The van der Waals surface area contributed by atoms with Gasteiger partial charge in [-0.15, -0.1) is 0 Å². The molecular weight excluding hydrogens is 850 g/mol. The zero-order chi connectivity index (χ0) is 47.6. The summed E-state index contributed by atoms with van der Waals surface area (Å²) in [5, 5.41) is 0. The Labute approximate surface area is 390 Å². The van der Waals surface area contributed by atoms with Gasteiger partial charge < -0.3 is 28.4 Å². The molecule has 0 saturated carbocycles. The molecule has 3 aromatic rings. The molecule has 0 N–H and O–H groups in total. The zero-order valence-electron chi connectivity index (χ0n) is 38.8. The fourth-order valence-electron chi connectivity index (χ4n) is 6.82. The lowest BCUT2D eigenvalue weighted by atomic mass is 10.1. The van der Waals surface area contributed by atoms with Gasteiger partial charge in [-0.2, -0.15) is 0 Å². The van der Waals surface area contributed by atoms with Crippen LogP contribution in [0.1, 0.15) is 139 Å². The van der Waals surface area contributed by atoms with Crippen LogP contribution in [0.5, 0.6) is 0 Å². The van der Waals surface area contributed by atoms with E-state index in [2.05, 4.69) is 19.7 Å². The first kappa shape index (κ1) is 55.3. The van der Waals surface area contributed by atoms with Gasteiger partial charge in [-0.05, 0) is 91.6 Å². The molecule has 362 valence electrons. The van der Waals surface area contributed by atoms with Gasteiger partial charge in [-0.25, -0.2) is 27.6 Å². The maximum absolute atomic E-state index is 13.2. The second-order valence-corrected chi connectivity index (χ2v) is 16.3. The number of carbonyl (C=O) groups is 3. The van der Waals surface area contributed by atoms with Crippen LogP contribution in [0, 0.1) is 17.5 Å². The van der Waals surface area contributed by atoms with Crippen molar-refractivity contribution in [3.05, 3.63) is 127 Å². The molecule has 9 nitrogen and oxygen atoms in total. The normalized spacial score (nSPS) is 11.1. The minimum Gasteiger partial charge on any atom is -0.462 e. The quantitative estimate of drug-likeness (QED) is 0.0183. The van der Waals surface area contributed by atoms with Crippen LogP contribution >= 0.6 is 0 Å². The second kappa shape index (κ2) is 34.3. The van der Waals surface area contributed by atoms with E-state index in [1.54, 1.807) is 0 Å². The van der Waals surface area contributed by atoms with Crippen LogP contribution < -0.4 is 0 Å². The summed E-state index contributed by atoms with van der Waals surface area (Å²) in [7, 11) is 0. The standard InChI is InChI=1S/C54H71F3O9/c1-42(45-22-28-48(55)29-23-45)52(58)64-38-19-13-5-4-10-16-35-61-41-34-51(62-36-17-11-6-8-14-20-39-65-53(59)43(2)46-24-30-49(56)31-25-46)63-37-18-12-7-9-15-21-40-66-54(60)44(3)47-26-32-50(57)33-27-47/h22-33,51H,1-21,34-41H2. The van der Waals surface area contributed by atoms with Crippen molar-refractivity contribution in [2.24, 2.45) is 0 Å². The first-order valence-electron chi connectivity index (χ1n) is 23.7. The monoisotopic (exact) mass is 921 g/mol. The fraction of sp³-hybridized carbons (Fsp3) is 0.500. The molecule has 0 aromatic heterocycles. The molecule has 0 saturated heterocycles. The van der Waals surface area contributed by atoms with Crippen molar-refractivity contribution in [2.45, 2.75) is 128 Å². The van der Waals surface area contributed by atoms with Crippen molar-refractivity contribution in [2.75, 3.05) is 46.2 Å². The molecule has 0 fully saturated rings. The van der Waals surface area contributed by atoms with E-state index in [4.69, 9.17) is 28.4 Å². The Morgan fingerprint density at radius 1 is 0.364 bits per heavy atom. The Balaban J connectivity index is 1.22. The van der Waals surface area contributed by atoms with Gasteiger partial charge in [0.25, 0.3) is 0 Å². The van der Waals surface area contributed by atoms with Gasteiger partial charge >= 0.3 is 17.9 Å². The molecule has 0 aliphatic carbocycles. The molecular formula is C54H71F3O9. The SMILES string of the molecule is C=C(C(=O)OCCCCCCCCOCCC(OCCCCCCCCOC(=O)C(=C)c1ccc(F)cc1)OCCCCCCCCOC(=O)C(=C)c1ccc(F)cc1)c1ccc(F)cc1. The van der Waals surface area contributed by atoms with Gasteiger partial charge in [0.05, 0.1) is 43.1 Å². The third-order valence-electron chi connectivity index (χ3n) is 10.9. The largest absolute Gasteiger partial charge is 0.462 e. The van der Waals surface area contributed by atoms with Crippen LogP contribution in [0.4, 0.5) is 13.2 Å². The van der Waals surface area contributed by atoms with E-state index >= 15 is 0 Å². The molecule has 12 heteroatoms. The number of carbonyl (C=O) groups excluding carboxylic acids is 3. The predicted molar refractivity (Wildman–Crippen MR) is 253 cm³/mol. The minimum atomic E-state index is -0.488. The summed E-state index contributed by atoms with van der Waals surface area (Å²) in [4.78, 5) is 36.8. The van der Waals surface area contributed by atoms with Gasteiger partial charge in [0.1, 0.15) is 17.5 Å². The van der Waals surface area contributed by atoms with E-state index < -0.39 is 17.9 Å². The lowest BCUT2D eigenvalue weighted by Crippen LogP contribution is -2.21. The summed E-state index contributed by atoms with van der Waals surface area (Å²) in [6.45, 7) is 14.7. The van der Waals surface area contributed by atoms with Crippen molar-refractivity contribution in [3.8, 4) is 0 Å². The number of esters is 3. The Kier molecular flexibility index (Phi) is 28.7. The van der Waals surface area contributed by atoms with Crippen molar-refractivity contribution in [1.29, 1.82) is 0 Å². The number of benzene rings is 3. The molecule has 0 bridgehead atoms. The second-order valence-electron chi connectivity index (χ2n) is 16.3. The summed E-state index contributed by atoms with van der Waals surface area (Å²) in [6.07, 6.45) is 17.6. The highest BCUT2D eigenvalue weighted by Gasteiger charge is 2.14. The fourth-order valence-corrected chi connectivity index (χ4v) is 6.82. The summed E-state index contributed by atoms with van der Waals surface area (Å²) in [5.41, 5.74) is 2.30. The highest BCUT2D eigenvalue weighted by molar-refractivity contribution is 6.16. The van der Waals surface area contributed by atoms with Crippen LogP contribution in [0.25, 0.3) is 16.7 Å². The minimum absolute atomic E-state index is 0.217. The Morgan fingerprint density at radius 3 is 0.924 bits per heavy atom. The number of hydrogen-bond acceptors (Lipinski definition) is 9. The number of rotatable bonds is 38. The van der Waals surface area contributed by atoms with Gasteiger partial charge in [0, 0.05) is 26.2 Å². The third-order valence-corrected chi connectivity index (χ3v) is 10.9. The first-order valence-corrected chi connectivity index (χ1v) is 23.7. The Bertz CT molecular complexity index is 1770. The highest BCUT2D eigenvalue weighted by Crippen LogP contribution is 2.19. The molecule has 0 aliphatic heterocycles. The van der Waals surface area contributed by atoms with Crippen LogP contribution in [-0.2, 0) is 42.8 Å². The first-order chi connectivity index (χ1) is 32.0. The summed E-state index contributed by atoms with van der Waals surface area (Å²) in [6, 6.07) is 16.8. The number of hydrogen-bond donors (Lipinski definition) is 0. The molecule has 0 spiro atoms. The summed E-state index contributed by atoms with van der Waals surface area (Å²) >= 11 is 0. The van der Waals surface area contributed by atoms with E-state index in [0.717, 1.165) is 116 Å². The van der Waals surface area contributed by atoms with Crippen LogP contribution in [0.15, 0.2) is 92.5 Å². The smallest absolute Gasteiger partial charge is 0.338 e. The predicted octanol–water partition coefficient (Wildman–Crippen LogP) is 13.0. The number of halogens is 3. The van der Waals surface area contributed by atoms with Crippen LogP contribution in [0.2, 0.25) is 0 Å². The van der Waals surface area contributed by atoms with Crippen molar-refractivity contribution < 1.29 is 56.0 Å². The van der Waals surface area contributed by atoms with Crippen molar-refractivity contribution in [1.82, 2.24) is 0 Å². The summed E-state index contributed by atoms with van der Waals surface area (Å²) in [5.74, 6) is -2.57. The number of unbranched alkanes of at least 4 members (excludes halogenated alkanes) is 15. The Morgan fingerprint density at radius 2 is 0.621 bits per heavy atom. The van der Waals surface area contributed by atoms with E-state index in [1.165, 1.54) is 72.8 Å². The van der Waals surface area contributed by atoms with Gasteiger partial charge in [-0.1, -0.05) is 133 Å². The Hall–Kier alpha value is -5.04. The molecule has 0 atom stereocenters. The van der Waals surface area contributed by atoms with E-state index in [9.17, 15) is 27.6 Å². The molecule has 3 aromatic carbocycles. The average molecular weight is 921 g/mol. The molecule has 0 amide bonds. The number of ether oxygens (including phenoxy) is 6. The van der Waals surface area contributed by atoms with Crippen molar-refractivity contribution in [3.63, 3.8) is 0 Å². The van der Waals surface area contributed by atoms with Gasteiger partial charge in [0.2, 0.25) is 0 Å². The molecule has 0 radical (unpaired) electrons. The lowest BCUT2D eigenvalue weighted by molar-refractivity contribution is -0.154. The van der Waals surface area contributed by atoms with Gasteiger partial charge in [-0.3, -0.25) is 0 Å². The average Bonchev–Trinajstić information content (AvgIpc) is 3.32. The van der Waals surface area contributed by atoms with Crippen molar-refractivity contribution >= 4 is 34.6 Å². The van der Waals surface area contributed by atoms with Gasteiger partial charge in [0.15, 0.2) is 6.29 Å². The molecule has 0 aliphatic rings. The van der Waals surface area contributed by atoms with E-state index in [-0.39, 0.29) is 40.5 Å². The maximum Gasteiger partial charge on any atom is 0.338 e. The van der Waals surface area contributed by atoms with E-state index in [1.807, 2.05) is 0 Å². The lowest BCUT2D eigenvalue weighted by Gasteiger charge is -2.19. The zero-order valence-corrected chi connectivity index (χ0v) is 38.8. The third kappa shape index (κ3) is 24.5. The molecule has 0 unspecified atom stereocenters. The van der Waals surface area contributed by atoms with Crippen LogP contribution in [0.3, 0.4) is 0 Å². The summed E-state index contributed by atoms with van der Waals surface area (Å²) < 4.78 is 73.8.